The van der Waals surface area contributed by atoms with Gasteiger partial charge in [-0.15, -0.1) is 0 Å². The SMILES string of the molecule is COC(=O)/C(=C(/[O-])c1ccncc1)[C@H](c1ccccc1)[P+](C)(C)C. The fourth-order valence-electron chi connectivity index (χ4n) is 2.73. The smallest absolute Gasteiger partial charge is 0.337 e. The van der Waals surface area contributed by atoms with Crippen molar-refractivity contribution in [2.75, 3.05) is 27.1 Å². The number of pyridine rings is 1. The van der Waals surface area contributed by atoms with Gasteiger partial charge in [0.15, 0.2) is 0 Å². The highest BCUT2D eigenvalue weighted by Gasteiger charge is 2.39. The predicted molar refractivity (Wildman–Crippen MR) is 97.0 cm³/mol. The van der Waals surface area contributed by atoms with Gasteiger partial charge in [0.25, 0.3) is 0 Å². The molecule has 0 aliphatic carbocycles. The van der Waals surface area contributed by atoms with Crippen molar-refractivity contribution in [3.05, 3.63) is 71.6 Å². The van der Waals surface area contributed by atoms with Gasteiger partial charge in [-0.2, -0.15) is 0 Å². The maximum Gasteiger partial charge on any atom is 0.337 e. The molecule has 1 heterocycles. The van der Waals surface area contributed by atoms with Gasteiger partial charge in [0.1, 0.15) is 5.66 Å². The minimum Gasteiger partial charge on any atom is -0.872 e. The lowest BCUT2D eigenvalue weighted by Gasteiger charge is -2.30. The van der Waals surface area contributed by atoms with Gasteiger partial charge >= 0.3 is 5.97 Å². The molecule has 0 spiro atoms. The second kappa shape index (κ2) is 7.59. The summed E-state index contributed by atoms with van der Waals surface area (Å²) in [5.41, 5.74) is 1.32. The van der Waals surface area contributed by atoms with E-state index >= 15 is 0 Å². The summed E-state index contributed by atoms with van der Waals surface area (Å²) in [6, 6.07) is 12.9. The van der Waals surface area contributed by atoms with Crippen LogP contribution in [0.25, 0.3) is 5.76 Å². The monoisotopic (exact) mass is 343 g/mol. The molecule has 0 bridgehead atoms. The number of carbonyl (C=O) groups is 1. The molecule has 2 rings (SSSR count). The van der Waals surface area contributed by atoms with Gasteiger partial charge in [0.2, 0.25) is 0 Å². The molecule has 0 N–H and O–H groups in total. The van der Waals surface area contributed by atoms with Gasteiger partial charge in [-0.3, -0.25) is 4.98 Å². The van der Waals surface area contributed by atoms with Crippen molar-refractivity contribution in [2.45, 2.75) is 5.66 Å². The van der Waals surface area contributed by atoms with Crippen molar-refractivity contribution >= 4 is 19.0 Å². The van der Waals surface area contributed by atoms with Gasteiger partial charge in [-0.05, 0) is 23.3 Å². The summed E-state index contributed by atoms with van der Waals surface area (Å²) in [5.74, 6) is -0.867. The number of methoxy groups -OCH3 is 1. The number of ether oxygens (including phenoxy) is 1. The fourth-order valence-corrected chi connectivity index (χ4v) is 4.80. The number of esters is 1. The van der Waals surface area contributed by atoms with E-state index in [1.54, 1.807) is 24.5 Å². The summed E-state index contributed by atoms with van der Waals surface area (Å²) in [5, 5.41) is 13.1. The number of hydrogen-bond donors (Lipinski definition) is 0. The lowest BCUT2D eigenvalue weighted by Crippen LogP contribution is -2.21. The van der Waals surface area contributed by atoms with Crippen molar-refractivity contribution in [2.24, 2.45) is 0 Å². The van der Waals surface area contributed by atoms with Crippen LogP contribution < -0.4 is 5.11 Å². The van der Waals surface area contributed by atoms with Crippen LogP contribution >= 0.6 is 7.26 Å². The van der Waals surface area contributed by atoms with Crippen LogP contribution in [0.3, 0.4) is 0 Å². The quantitative estimate of drug-likeness (QED) is 0.362. The van der Waals surface area contributed by atoms with Gasteiger partial charge in [0.05, 0.1) is 12.7 Å². The Kier molecular flexibility index (Phi) is 5.74. The van der Waals surface area contributed by atoms with E-state index in [1.165, 1.54) is 7.11 Å². The third-order valence-electron chi connectivity index (χ3n) is 3.76. The highest BCUT2D eigenvalue weighted by Crippen LogP contribution is 2.64. The normalized spacial score (nSPS) is 13.8. The van der Waals surface area contributed by atoms with Crippen molar-refractivity contribution in [1.29, 1.82) is 0 Å². The Hall–Kier alpha value is -2.19. The van der Waals surface area contributed by atoms with E-state index in [0.717, 1.165) is 5.56 Å². The molecule has 0 fully saturated rings. The third-order valence-corrected chi connectivity index (χ3v) is 5.86. The van der Waals surface area contributed by atoms with E-state index in [2.05, 4.69) is 25.0 Å². The summed E-state index contributed by atoms with van der Waals surface area (Å²) in [6.45, 7) is 6.36. The molecule has 126 valence electrons. The number of rotatable bonds is 5. The average Bonchev–Trinajstić information content (AvgIpc) is 2.58. The average molecular weight is 343 g/mol. The van der Waals surface area contributed by atoms with E-state index in [0.29, 0.717) is 5.56 Å². The molecule has 1 aromatic carbocycles. The lowest BCUT2D eigenvalue weighted by molar-refractivity contribution is -0.245. The molecule has 24 heavy (non-hydrogen) atoms. The van der Waals surface area contributed by atoms with Crippen LogP contribution in [0, 0.1) is 0 Å². The molecule has 2 aromatic rings. The lowest BCUT2D eigenvalue weighted by atomic mass is 10.0. The zero-order valence-electron chi connectivity index (χ0n) is 14.4. The third kappa shape index (κ3) is 4.01. The fraction of sp³-hybridized carbons (Fsp3) is 0.263. The van der Waals surface area contributed by atoms with Gasteiger partial charge in [0, 0.05) is 39.7 Å². The summed E-state index contributed by atoms with van der Waals surface area (Å²) < 4.78 is 4.96. The van der Waals surface area contributed by atoms with Crippen LogP contribution in [0.15, 0.2) is 60.4 Å². The first-order valence-corrected chi connectivity index (χ1v) is 10.8. The Labute approximate surface area is 143 Å². The molecular weight excluding hydrogens is 321 g/mol. The van der Waals surface area contributed by atoms with Crippen LogP contribution in [0.5, 0.6) is 0 Å². The number of carbonyl (C=O) groups excluding carboxylic acids is 1. The summed E-state index contributed by atoms with van der Waals surface area (Å²) in [6.07, 6.45) is 3.10. The van der Waals surface area contributed by atoms with Gasteiger partial charge in [-0.1, -0.05) is 36.1 Å². The molecule has 0 amide bonds. The molecule has 0 saturated heterocycles. The predicted octanol–water partition coefficient (Wildman–Crippen LogP) is 2.97. The first kappa shape index (κ1) is 18.2. The molecule has 0 saturated carbocycles. The Morgan fingerprint density at radius 3 is 2.17 bits per heavy atom. The molecule has 0 aliphatic rings. The molecule has 0 unspecified atom stereocenters. The number of benzene rings is 1. The van der Waals surface area contributed by atoms with E-state index in [9.17, 15) is 9.90 Å². The van der Waals surface area contributed by atoms with Gasteiger partial charge < -0.3 is 9.84 Å². The van der Waals surface area contributed by atoms with Crippen LogP contribution in [0.2, 0.25) is 0 Å². The standard InChI is InChI=1S/C19H22NO3P/c1-23-19(22)16(17(21)14-10-12-20-13-11-14)18(24(2,3)4)15-8-6-5-7-9-15/h5-13,18H,1-4H3/t18-/m0/s1. The molecule has 0 radical (unpaired) electrons. The van der Waals surface area contributed by atoms with Crippen LogP contribution in [-0.4, -0.2) is 38.1 Å². The van der Waals surface area contributed by atoms with Gasteiger partial charge in [-0.25, -0.2) is 4.79 Å². The van der Waals surface area contributed by atoms with Crippen molar-refractivity contribution in [3.8, 4) is 0 Å². The summed E-state index contributed by atoms with van der Waals surface area (Å²) in [7, 11) is -0.309. The first-order chi connectivity index (χ1) is 11.4. The highest BCUT2D eigenvalue weighted by molar-refractivity contribution is 7.74. The Morgan fingerprint density at radius 2 is 1.67 bits per heavy atom. The zero-order chi connectivity index (χ0) is 17.7. The van der Waals surface area contributed by atoms with E-state index in [1.807, 2.05) is 30.3 Å². The van der Waals surface area contributed by atoms with E-state index in [4.69, 9.17) is 4.74 Å². The first-order valence-electron chi connectivity index (χ1n) is 7.62. The Balaban J connectivity index is 2.71. The van der Waals surface area contributed by atoms with Crippen LogP contribution in [0.1, 0.15) is 16.8 Å². The largest absolute Gasteiger partial charge is 0.872 e. The molecule has 0 aliphatic heterocycles. The molecular formula is C19H22NO3P. The Morgan fingerprint density at radius 1 is 1.08 bits per heavy atom. The summed E-state index contributed by atoms with van der Waals surface area (Å²) >= 11 is 0. The molecule has 4 nitrogen and oxygen atoms in total. The van der Waals surface area contributed by atoms with Crippen LogP contribution in [0.4, 0.5) is 0 Å². The Bertz CT molecular complexity index is 721. The zero-order valence-corrected chi connectivity index (χ0v) is 15.3. The maximum absolute atomic E-state index is 13.1. The molecule has 1 atom stereocenters. The number of aromatic nitrogens is 1. The number of hydrogen-bond acceptors (Lipinski definition) is 4. The summed E-state index contributed by atoms with van der Waals surface area (Å²) in [4.78, 5) is 16.4. The van der Waals surface area contributed by atoms with E-state index < -0.39 is 13.2 Å². The minimum absolute atomic E-state index is 0.190. The van der Waals surface area contributed by atoms with Crippen LogP contribution in [-0.2, 0) is 9.53 Å². The van der Waals surface area contributed by atoms with Crippen molar-refractivity contribution < 1.29 is 14.6 Å². The van der Waals surface area contributed by atoms with E-state index in [-0.39, 0.29) is 17.0 Å². The second-order valence-corrected chi connectivity index (χ2v) is 11.1. The maximum atomic E-state index is 13.1. The molecule has 1 aromatic heterocycles. The highest BCUT2D eigenvalue weighted by atomic mass is 31.2. The number of nitrogens with zero attached hydrogens (tertiary/aromatic N) is 1. The minimum atomic E-state index is -1.62. The van der Waals surface area contributed by atoms with Crippen molar-refractivity contribution in [3.63, 3.8) is 0 Å². The second-order valence-electron chi connectivity index (χ2n) is 6.40. The van der Waals surface area contributed by atoms with Crippen molar-refractivity contribution in [1.82, 2.24) is 4.98 Å². The topological polar surface area (TPSA) is 62.2 Å². The molecule has 5 heteroatoms.